The average Bonchev–Trinajstić information content (AvgIpc) is 3.56. The van der Waals surface area contributed by atoms with Gasteiger partial charge in [-0.3, -0.25) is 4.79 Å². The minimum Gasteiger partial charge on any atom is -0.467 e. The number of carbonyl (C=O) groups is 1. The maximum atomic E-state index is 12.8. The summed E-state index contributed by atoms with van der Waals surface area (Å²) in [5.74, 6) is 2.75. The molecule has 0 amide bonds. The molecule has 4 heterocycles. The third-order valence-electron chi connectivity index (χ3n) is 5.12. The number of hydrogen-bond donors (Lipinski definition) is 0. The van der Waals surface area contributed by atoms with Crippen LogP contribution >= 0.6 is 11.8 Å². The minimum absolute atomic E-state index is 0.00613. The highest BCUT2D eigenvalue weighted by atomic mass is 32.2. The molecule has 31 heavy (non-hydrogen) atoms. The molecule has 0 spiro atoms. The summed E-state index contributed by atoms with van der Waals surface area (Å²) in [7, 11) is 0. The third kappa shape index (κ3) is 3.84. The van der Waals surface area contributed by atoms with Crippen LogP contribution in [-0.4, -0.2) is 33.1 Å². The molecule has 1 aliphatic heterocycles. The standard InChI is InChI=1S/C22H19N3O5S/c1-13-8-17(14(2)25(13)10-16-4-3-7-27-16)18(26)11-31-22-24-23-21(30-22)15-5-6-19-20(9-15)29-12-28-19/h3-9H,10-12H2,1-2H3. The molecule has 158 valence electrons. The highest BCUT2D eigenvalue weighted by Gasteiger charge is 2.19. The summed E-state index contributed by atoms with van der Waals surface area (Å²) < 4.78 is 23.9. The molecular weight excluding hydrogens is 418 g/mol. The Balaban J connectivity index is 1.26. The smallest absolute Gasteiger partial charge is 0.277 e. The van der Waals surface area contributed by atoms with E-state index in [0.717, 1.165) is 22.7 Å². The number of Topliss-reactive ketones (excluding diaryl/α,β-unsaturated/α-hetero) is 1. The summed E-state index contributed by atoms with van der Waals surface area (Å²) in [6.07, 6.45) is 1.65. The zero-order valence-corrected chi connectivity index (χ0v) is 17.8. The first-order valence-corrected chi connectivity index (χ1v) is 10.7. The predicted molar refractivity (Wildman–Crippen MR) is 113 cm³/mol. The van der Waals surface area contributed by atoms with Gasteiger partial charge in [-0.05, 0) is 50.2 Å². The molecule has 0 N–H and O–H groups in total. The van der Waals surface area contributed by atoms with E-state index in [4.69, 9.17) is 18.3 Å². The summed E-state index contributed by atoms with van der Waals surface area (Å²) in [5, 5.41) is 8.47. The van der Waals surface area contributed by atoms with Crippen LogP contribution in [0.1, 0.15) is 27.5 Å². The zero-order chi connectivity index (χ0) is 21.4. The fourth-order valence-electron chi connectivity index (χ4n) is 3.50. The number of aromatic nitrogens is 3. The molecule has 0 fully saturated rings. The van der Waals surface area contributed by atoms with Gasteiger partial charge in [0.25, 0.3) is 5.22 Å². The first-order valence-electron chi connectivity index (χ1n) is 9.67. The molecule has 1 aromatic carbocycles. The number of hydrogen-bond acceptors (Lipinski definition) is 8. The summed E-state index contributed by atoms with van der Waals surface area (Å²) in [4.78, 5) is 12.8. The van der Waals surface area contributed by atoms with Crippen LogP contribution in [0.15, 0.2) is 56.7 Å². The Kier molecular flexibility index (Phi) is 5.03. The zero-order valence-electron chi connectivity index (χ0n) is 17.0. The van der Waals surface area contributed by atoms with Gasteiger partial charge in [0.2, 0.25) is 12.7 Å². The van der Waals surface area contributed by atoms with Gasteiger partial charge in [-0.15, -0.1) is 10.2 Å². The van der Waals surface area contributed by atoms with Crippen molar-refractivity contribution in [1.82, 2.24) is 14.8 Å². The number of ketones is 1. The molecule has 4 aromatic rings. The lowest BCUT2D eigenvalue weighted by Crippen LogP contribution is -2.07. The predicted octanol–water partition coefficient (Wildman–Crippen LogP) is 4.50. The molecule has 0 radical (unpaired) electrons. The second-order valence-electron chi connectivity index (χ2n) is 7.10. The van der Waals surface area contributed by atoms with E-state index in [1.807, 2.05) is 38.1 Å². The second kappa shape index (κ2) is 7.99. The van der Waals surface area contributed by atoms with Crippen LogP contribution in [0.3, 0.4) is 0 Å². The van der Waals surface area contributed by atoms with Crippen molar-refractivity contribution in [3.8, 4) is 23.0 Å². The number of fused-ring (bicyclic) bond motifs is 1. The topological polar surface area (TPSA) is 92.5 Å². The van der Waals surface area contributed by atoms with Gasteiger partial charge < -0.3 is 22.9 Å². The Morgan fingerprint density at radius 3 is 2.84 bits per heavy atom. The molecule has 9 heteroatoms. The Labute approximate surface area is 182 Å². The van der Waals surface area contributed by atoms with Crippen molar-refractivity contribution in [3.63, 3.8) is 0 Å². The minimum atomic E-state index is 0.00613. The van der Waals surface area contributed by atoms with Gasteiger partial charge in [0.05, 0.1) is 18.6 Å². The van der Waals surface area contributed by atoms with Gasteiger partial charge in [0, 0.05) is 22.5 Å². The number of thioether (sulfide) groups is 1. The van der Waals surface area contributed by atoms with Crippen molar-refractivity contribution in [1.29, 1.82) is 0 Å². The van der Waals surface area contributed by atoms with E-state index in [9.17, 15) is 4.79 Å². The van der Waals surface area contributed by atoms with E-state index in [1.165, 1.54) is 11.8 Å². The Morgan fingerprint density at radius 2 is 2.00 bits per heavy atom. The molecular formula is C22H19N3O5S. The van der Waals surface area contributed by atoms with Crippen molar-refractivity contribution in [2.45, 2.75) is 25.6 Å². The lowest BCUT2D eigenvalue weighted by atomic mass is 10.2. The number of rotatable bonds is 7. The molecule has 0 aliphatic carbocycles. The molecule has 0 bridgehead atoms. The first-order chi connectivity index (χ1) is 15.1. The fourth-order valence-corrected chi connectivity index (χ4v) is 4.15. The van der Waals surface area contributed by atoms with Crippen molar-refractivity contribution in [3.05, 3.63) is 65.4 Å². The number of furan rings is 1. The molecule has 0 atom stereocenters. The van der Waals surface area contributed by atoms with Gasteiger partial charge >= 0.3 is 0 Å². The van der Waals surface area contributed by atoms with Crippen molar-refractivity contribution in [2.75, 3.05) is 12.5 Å². The van der Waals surface area contributed by atoms with E-state index in [1.54, 1.807) is 18.4 Å². The van der Waals surface area contributed by atoms with Crippen LogP contribution in [0.5, 0.6) is 11.5 Å². The maximum Gasteiger partial charge on any atom is 0.277 e. The van der Waals surface area contributed by atoms with Crippen LogP contribution in [0.25, 0.3) is 11.5 Å². The van der Waals surface area contributed by atoms with Crippen LogP contribution in [0.2, 0.25) is 0 Å². The Morgan fingerprint density at radius 1 is 1.13 bits per heavy atom. The average molecular weight is 437 g/mol. The van der Waals surface area contributed by atoms with E-state index in [2.05, 4.69) is 14.8 Å². The Bertz CT molecular complexity index is 1240. The van der Waals surface area contributed by atoms with Crippen LogP contribution < -0.4 is 9.47 Å². The lowest BCUT2D eigenvalue weighted by Gasteiger charge is -2.07. The molecule has 0 saturated carbocycles. The summed E-state index contributed by atoms with van der Waals surface area (Å²) in [6.45, 7) is 4.72. The van der Waals surface area contributed by atoms with E-state index >= 15 is 0 Å². The maximum absolute atomic E-state index is 12.8. The highest BCUT2D eigenvalue weighted by Crippen LogP contribution is 2.36. The van der Waals surface area contributed by atoms with E-state index in [0.29, 0.717) is 34.7 Å². The van der Waals surface area contributed by atoms with Crippen molar-refractivity contribution < 1.29 is 23.1 Å². The SMILES string of the molecule is Cc1cc(C(=O)CSc2nnc(-c3ccc4c(c3)OCO4)o2)c(C)n1Cc1ccco1. The summed E-state index contributed by atoms with van der Waals surface area (Å²) in [6, 6.07) is 11.1. The molecule has 1 aliphatic rings. The summed E-state index contributed by atoms with van der Waals surface area (Å²) >= 11 is 1.22. The monoisotopic (exact) mass is 437 g/mol. The third-order valence-corrected chi connectivity index (χ3v) is 5.94. The molecule has 3 aromatic heterocycles. The Hall–Kier alpha value is -3.46. The fraction of sp³-hybridized carbons (Fsp3) is 0.227. The van der Waals surface area contributed by atoms with E-state index in [-0.39, 0.29) is 18.3 Å². The normalized spacial score (nSPS) is 12.5. The van der Waals surface area contributed by atoms with Crippen LogP contribution in [0.4, 0.5) is 0 Å². The van der Waals surface area contributed by atoms with Crippen molar-refractivity contribution in [2.24, 2.45) is 0 Å². The molecule has 8 nitrogen and oxygen atoms in total. The van der Waals surface area contributed by atoms with Gasteiger partial charge in [-0.25, -0.2) is 0 Å². The number of benzene rings is 1. The van der Waals surface area contributed by atoms with E-state index < -0.39 is 0 Å². The number of ether oxygens (including phenoxy) is 2. The van der Waals surface area contributed by atoms with Gasteiger partial charge in [0.15, 0.2) is 17.3 Å². The van der Waals surface area contributed by atoms with Crippen LogP contribution in [0, 0.1) is 13.8 Å². The molecule has 0 saturated heterocycles. The largest absolute Gasteiger partial charge is 0.467 e. The van der Waals surface area contributed by atoms with Crippen LogP contribution in [-0.2, 0) is 6.54 Å². The first kappa shape index (κ1) is 19.5. The molecule has 0 unspecified atom stereocenters. The van der Waals surface area contributed by atoms with Crippen molar-refractivity contribution >= 4 is 17.5 Å². The second-order valence-corrected chi connectivity index (χ2v) is 8.03. The number of aryl methyl sites for hydroxylation is 1. The summed E-state index contributed by atoms with van der Waals surface area (Å²) in [5.41, 5.74) is 3.33. The van der Waals surface area contributed by atoms with Gasteiger partial charge in [-0.1, -0.05) is 11.8 Å². The number of carbonyl (C=O) groups excluding carboxylic acids is 1. The van der Waals surface area contributed by atoms with Gasteiger partial charge in [0.1, 0.15) is 5.76 Å². The quantitative estimate of drug-likeness (QED) is 0.308. The molecule has 5 rings (SSSR count). The number of nitrogens with zero attached hydrogens (tertiary/aromatic N) is 3. The van der Waals surface area contributed by atoms with Gasteiger partial charge in [-0.2, -0.15) is 0 Å². The highest BCUT2D eigenvalue weighted by molar-refractivity contribution is 7.99. The lowest BCUT2D eigenvalue weighted by molar-refractivity contribution is 0.102.